The van der Waals surface area contributed by atoms with Gasteiger partial charge >= 0.3 is 0 Å². The van der Waals surface area contributed by atoms with Crippen molar-refractivity contribution in [2.75, 3.05) is 0 Å². The van der Waals surface area contributed by atoms with Crippen molar-refractivity contribution < 1.29 is 10.2 Å². The Kier molecular flexibility index (Phi) is 11.4. The molecule has 0 radical (unpaired) electrons. The van der Waals surface area contributed by atoms with Crippen LogP contribution in [0.1, 0.15) is 103 Å². The lowest BCUT2D eigenvalue weighted by Crippen LogP contribution is -2.25. The Bertz CT molecular complexity index is 184. The highest BCUT2D eigenvalue weighted by molar-refractivity contribution is 4.67. The zero-order valence-electron chi connectivity index (χ0n) is 13.4. The molecule has 1 aliphatic carbocycles. The SMILES string of the molecule is OC1CCCCCCCCCCCCCCCC[C@H]1O. The molecule has 0 aromatic heterocycles. The second kappa shape index (κ2) is 12.6. The first-order valence-electron chi connectivity index (χ1n) is 9.17. The van der Waals surface area contributed by atoms with E-state index in [0.717, 1.165) is 25.7 Å². The molecule has 1 fully saturated rings. The molecular formula is C18H36O2. The highest BCUT2D eigenvalue weighted by Gasteiger charge is 2.15. The van der Waals surface area contributed by atoms with Gasteiger partial charge in [0.15, 0.2) is 0 Å². The summed E-state index contributed by atoms with van der Waals surface area (Å²) in [4.78, 5) is 0. The van der Waals surface area contributed by atoms with Crippen LogP contribution < -0.4 is 0 Å². The summed E-state index contributed by atoms with van der Waals surface area (Å²) >= 11 is 0. The third kappa shape index (κ3) is 9.77. The van der Waals surface area contributed by atoms with E-state index in [1.165, 1.54) is 77.0 Å². The van der Waals surface area contributed by atoms with E-state index in [0.29, 0.717) is 0 Å². The van der Waals surface area contributed by atoms with Crippen LogP contribution in [-0.2, 0) is 0 Å². The zero-order chi connectivity index (χ0) is 14.5. The molecule has 0 heterocycles. The van der Waals surface area contributed by atoms with Gasteiger partial charge in [-0.1, -0.05) is 89.9 Å². The fourth-order valence-electron chi connectivity index (χ4n) is 3.21. The molecule has 1 aliphatic rings. The molecule has 0 bridgehead atoms. The summed E-state index contributed by atoms with van der Waals surface area (Å²) in [6, 6.07) is 0. The number of hydrogen-bond acceptors (Lipinski definition) is 2. The van der Waals surface area contributed by atoms with Gasteiger partial charge < -0.3 is 10.2 Å². The summed E-state index contributed by atoms with van der Waals surface area (Å²) < 4.78 is 0. The average Bonchev–Trinajstić information content (AvgIpc) is 2.45. The molecule has 0 aromatic rings. The van der Waals surface area contributed by atoms with Crippen molar-refractivity contribution in [3.05, 3.63) is 0 Å². The maximum atomic E-state index is 9.92. The predicted molar refractivity (Wildman–Crippen MR) is 85.9 cm³/mol. The van der Waals surface area contributed by atoms with Crippen LogP contribution in [0.2, 0.25) is 0 Å². The Morgan fingerprint density at radius 1 is 0.350 bits per heavy atom. The maximum Gasteiger partial charge on any atom is 0.0799 e. The maximum absolute atomic E-state index is 9.92. The number of rotatable bonds is 0. The van der Waals surface area contributed by atoms with Gasteiger partial charge in [-0.25, -0.2) is 0 Å². The lowest BCUT2D eigenvalue weighted by Gasteiger charge is -2.17. The Labute approximate surface area is 126 Å². The Morgan fingerprint density at radius 3 is 0.800 bits per heavy atom. The lowest BCUT2D eigenvalue weighted by molar-refractivity contribution is 0.00711. The van der Waals surface area contributed by atoms with Gasteiger partial charge in [-0.2, -0.15) is 0 Å². The van der Waals surface area contributed by atoms with Crippen LogP contribution in [0.15, 0.2) is 0 Å². The van der Waals surface area contributed by atoms with Crippen molar-refractivity contribution >= 4 is 0 Å². The predicted octanol–water partition coefficient (Wildman–Crippen LogP) is 4.96. The van der Waals surface area contributed by atoms with Crippen LogP contribution in [0.4, 0.5) is 0 Å². The number of aliphatic hydroxyl groups excluding tert-OH is 2. The smallest absolute Gasteiger partial charge is 0.0799 e. The first-order chi connectivity index (χ1) is 9.80. The second-order valence-electron chi connectivity index (χ2n) is 6.66. The topological polar surface area (TPSA) is 40.5 Å². The standard InChI is InChI=1S/C18H36O2/c19-17-15-13-11-9-7-5-3-1-2-4-6-8-10-12-14-16-18(17)20/h17-20H,1-16H2/t17-,18?/m1/s1. The summed E-state index contributed by atoms with van der Waals surface area (Å²) in [6.45, 7) is 0. The fraction of sp³-hybridized carbons (Fsp3) is 1.00. The van der Waals surface area contributed by atoms with Crippen molar-refractivity contribution in [3.63, 3.8) is 0 Å². The van der Waals surface area contributed by atoms with Gasteiger partial charge in [0.2, 0.25) is 0 Å². The minimum Gasteiger partial charge on any atom is -0.390 e. The molecule has 0 saturated heterocycles. The molecular weight excluding hydrogens is 248 g/mol. The Balaban J connectivity index is 2.18. The summed E-state index contributed by atoms with van der Waals surface area (Å²) in [5.74, 6) is 0. The van der Waals surface area contributed by atoms with E-state index in [2.05, 4.69) is 0 Å². The number of aliphatic hydroxyl groups is 2. The highest BCUT2D eigenvalue weighted by atomic mass is 16.3. The largest absolute Gasteiger partial charge is 0.390 e. The molecule has 2 atom stereocenters. The van der Waals surface area contributed by atoms with Crippen LogP contribution >= 0.6 is 0 Å². The third-order valence-corrected chi connectivity index (χ3v) is 4.69. The van der Waals surface area contributed by atoms with Crippen molar-refractivity contribution in [1.82, 2.24) is 0 Å². The van der Waals surface area contributed by atoms with Gasteiger partial charge in [0.25, 0.3) is 0 Å². The minimum absolute atomic E-state index is 0.492. The van der Waals surface area contributed by atoms with Crippen LogP contribution in [0, 0.1) is 0 Å². The Morgan fingerprint density at radius 2 is 0.550 bits per heavy atom. The van der Waals surface area contributed by atoms with E-state index in [1.54, 1.807) is 0 Å². The Hall–Kier alpha value is -0.0800. The van der Waals surface area contributed by atoms with Crippen molar-refractivity contribution in [2.24, 2.45) is 0 Å². The molecule has 1 saturated carbocycles. The normalized spacial score (nSPS) is 30.3. The van der Waals surface area contributed by atoms with Gasteiger partial charge in [0, 0.05) is 0 Å². The molecule has 1 rings (SSSR count). The van der Waals surface area contributed by atoms with Crippen LogP contribution in [0.3, 0.4) is 0 Å². The molecule has 0 aliphatic heterocycles. The quantitative estimate of drug-likeness (QED) is 0.660. The van der Waals surface area contributed by atoms with E-state index in [-0.39, 0.29) is 0 Å². The summed E-state index contributed by atoms with van der Waals surface area (Å²) in [7, 11) is 0. The minimum atomic E-state index is -0.492. The van der Waals surface area contributed by atoms with Crippen molar-refractivity contribution in [2.45, 2.75) is 115 Å². The summed E-state index contributed by atoms with van der Waals surface area (Å²) in [5, 5.41) is 19.8. The van der Waals surface area contributed by atoms with Gasteiger partial charge in [-0.3, -0.25) is 0 Å². The molecule has 2 nitrogen and oxygen atoms in total. The molecule has 2 N–H and O–H groups in total. The highest BCUT2D eigenvalue weighted by Crippen LogP contribution is 2.17. The van der Waals surface area contributed by atoms with Gasteiger partial charge in [-0.05, 0) is 12.8 Å². The molecule has 20 heavy (non-hydrogen) atoms. The van der Waals surface area contributed by atoms with Gasteiger partial charge in [0.1, 0.15) is 0 Å². The molecule has 2 heteroatoms. The van der Waals surface area contributed by atoms with Crippen LogP contribution in [-0.4, -0.2) is 22.4 Å². The second-order valence-corrected chi connectivity index (χ2v) is 6.66. The number of hydrogen-bond donors (Lipinski definition) is 2. The van der Waals surface area contributed by atoms with Gasteiger partial charge in [0.05, 0.1) is 12.2 Å². The molecule has 0 amide bonds. The first kappa shape index (κ1) is 18.0. The van der Waals surface area contributed by atoms with Gasteiger partial charge in [-0.15, -0.1) is 0 Å². The van der Waals surface area contributed by atoms with E-state index in [9.17, 15) is 10.2 Å². The summed E-state index contributed by atoms with van der Waals surface area (Å²) in [5.41, 5.74) is 0. The molecule has 0 aromatic carbocycles. The molecule has 0 spiro atoms. The van der Waals surface area contributed by atoms with Crippen molar-refractivity contribution in [3.8, 4) is 0 Å². The van der Waals surface area contributed by atoms with E-state index < -0.39 is 12.2 Å². The van der Waals surface area contributed by atoms with E-state index >= 15 is 0 Å². The summed E-state index contributed by atoms with van der Waals surface area (Å²) in [6.07, 6.45) is 18.8. The fourth-order valence-corrected chi connectivity index (χ4v) is 3.21. The third-order valence-electron chi connectivity index (χ3n) is 4.69. The average molecular weight is 284 g/mol. The van der Waals surface area contributed by atoms with E-state index in [1.807, 2.05) is 0 Å². The first-order valence-corrected chi connectivity index (χ1v) is 9.17. The zero-order valence-corrected chi connectivity index (χ0v) is 13.4. The van der Waals surface area contributed by atoms with Crippen LogP contribution in [0.25, 0.3) is 0 Å². The van der Waals surface area contributed by atoms with E-state index in [4.69, 9.17) is 0 Å². The van der Waals surface area contributed by atoms with Crippen molar-refractivity contribution in [1.29, 1.82) is 0 Å². The molecule has 1 unspecified atom stereocenters. The van der Waals surface area contributed by atoms with Crippen LogP contribution in [0.5, 0.6) is 0 Å². The monoisotopic (exact) mass is 284 g/mol. The lowest BCUT2D eigenvalue weighted by atomic mass is 9.98. The molecule has 120 valence electrons.